The molecule has 1 saturated heterocycles. The maximum atomic E-state index is 13.3. The van der Waals surface area contributed by atoms with Crippen molar-refractivity contribution < 1.29 is 50.0 Å². The lowest BCUT2D eigenvalue weighted by Gasteiger charge is -2.40. The van der Waals surface area contributed by atoms with Gasteiger partial charge < -0.3 is 50.5 Å². The highest BCUT2D eigenvalue weighted by Gasteiger charge is 2.44. The molecule has 1 fully saturated rings. The van der Waals surface area contributed by atoms with Gasteiger partial charge in [0.1, 0.15) is 36.6 Å². The third-order valence-corrected chi connectivity index (χ3v) is 20.0. The molecule has 11 nitrogen and oxygen atoms in total. The van der Waals surface area contributed by atoms with Gasteiger partial charge >= 0.3 is 0 Å². The van der Waals surface area contributed by atoms with E-state index in [1.165, 1.54) is 340 Å². The number of rotatable bonds is 73. The van der Waals surface area contributed by atoms with Crippen LogP contribution in [0.5, 0.6) is 0 Å². The molecular weight excluding hydrogens is 1150 g/mol. The van der Waals surface area contributed by atoms with Crippen molar-refractivity contribution >= 4 is 5.91 Å². The van der Waals surface area contributed by atoms with Crippen molar-refractivity contribution in [3.63, 3.8) is 0 Å². The Morgan fingerprint density at radius 3 is 0.935 bits per heavy atom. The van der Waals surface area contributed by atoms with Crippen LogP contribution in [0.2, 0.25) is 0 Å². The molecule has 1 amide bonds. The molecule has 8 N–H and O–H groups in total. The van der Waals surface area contributed by atoms with Gasteiger partial charge in [-0.15, -0.1) is 0 Å². The topological polar surface area (TPSA) is 189 Å². The summed E-state index contributed by atoms with van der Waals surface area (Å²) < 4.78 is 11.2. The van der Waals surface area contributed by atoms with Crippen LogP contribution in [-0.2, 0) is 14.3 Å². The monoisotopic (exact) mass is 1300 g/mol. The third kappa shape index (κ3) is 55.6. The predicted octanol–water partition coefficient (Wildman–Crippen LogP) is 21.1. The van der Waals surface area contributed by atoms with Crippen LogP contribution in [-0.4, -0.2) is 110 Å². The van der Waals surface area contributed by atoms with Gasteiger partial charge in [-0.05, 0) is 64.2 Å². The van der Waals surface area contributed by atoms with Crippen molar-refractivity contribution in [2.24, 2.45) is 0 Å². The summed E-state index contributed by atoms with van der Waals surface area (Å²) in [6.45, 7) is 3.52. The Balaban J connectivity index is 2.13. The van der Waals surface area contributed by atoms with Crippen molar-refractivity contribution in [1.82, 2.24) is 5.32 Å². The highest BCUT2D eigenvalue weighted by atomic mass is 16.7. The fraction of sp³-hybridized carbons (Fsp3) is 0.938. The molecule has 11 heteroatoms. The average Bonchev–Trinajstić information content (AvgIpc) is 0.913. The van der Waals surface area contributed by atoms with Crippen molar-refractivity contribution in [1.29, 1.82) is 0 Å². The molecule has 1 heterocycles. The van der Waals surface area contributed by atoms with E-state index in [0.717, 1.165) is 38.5 Å². The van der Waals surface area contributed by atoms with E-state index in [1.54, 1.807) is 0 Å². The van der Waals surface area contributed by atoms with Crippen LogP contribution in [0.25, 0.3) is 0 Å². The molecule has 9 unspecified atom stereocenters. The Morgan fingerprint density at radius 2 is 0.641 bits per heavy atom. The lowest BCUT2D eigenvalue weighted by atomic mass is 9.98. The van der Waals surface area contributed by atoms with Crippen molar-refractivity contribution in [2.45, 2.75) is 473 Å². The van der Waals surface area contributed by atoms with E-state index in [9.17, 15) is 40.5 Å². The molecule has 546 valence electrons. The van der Waals surface area contributed by atoms with Gasteiger partial charge in [-0.3, -0.25) is 4.79 Å². The second-order valence-corrected chi connectivity index (χ2v) is 28.8. The maximum absolute atomic E-state index is 13.3. The van der Waals surface area contributed by atoms with Gasteiger partial charge in [0.2, 0.25) is 5.91 Å². The Hall–Kier alpha value is -1.41. The molecule has 0 aliphatic carbocycles. The number of allylic oxidation sites excluding steroid dienone is 4. The molecule has 1 aliphatic heterocycles. The quantitative estimate of drug-likeness (QED) is 0.0215. The summed E-state index contributed by atoms with van der Waals surface area (Å²) >= 11 is 0. The maximum Gasteiger partial charge on any atom is 0.249 e. The number of nitrogens with one attached hydrogen (secondary N) is 1. The summed E-state index contributed by atoms with van der Waals surface area (Å²) in [4.78, 5) is 13.3. The zero-order chi connectivity index (χ0) is 66.7. The largest absolute Gasteiger partial charge is 0.394 e. The zero-order valence-electron chi connectivity index (χ0n) is 60.8. The molecule has 1 aliphatic rings. The number of amides is 1. The SMILES string of the molecule is CCCCCCCCCCCCCCCC/C=C\CCCCCCCCCCCCCCCCCCC(O)C(=O)NC(COC1OC(CO)C(O)C(O)C1O)C(O)C(O)CCC/C=C/CCCCCCCCCCCCCCCCCCCCCCCCCCCC. The smallest absolute Gasteiger partial charge is 0.249 e. The molecule has 0 aromatic rings. The van der Waals surface area contributed by atoms with E-state index in [2.05, 4.69) is 43.5 Å². The van der Waals surface area contributed by atoms with Gasteiger partial charge in [0, 0.05) is 0 Å². The number of aliphatic hydroxyl groups is 7. The summed E-state index contributed by atoms with van der Waals surface area (Å²) in [7, 11) is 0. The van der Waals surface area contributed by atoms with Crippen LogP contribution in [0.15, 0.2) is 24.3 Å². The molecule has 0 bridgehead atoms. The van der Waals surface area contributed by atoms with Gasteiger partial charge in [0.25, 0.3) is 0 Å². The van der Waals surface area contributed by atoms with Crippen LogP contribution in [0.3, 0.4) is 0 Å². The van der Waals surface area contributed by atoms with E-state index >= 15 is 0 Å². The second-order valence-electron chi connectivity index (χ2n) is 28.8. The summed E-state index contributed by atoms with van der Waals surface area (Å²) in [5, 5.41) is 76.7. The Morgan fingerprint density at radius 1 is 0.370 bits per heavy atom. The minimum absolute atomic E-state index is 0.258. The van der Waals surface area contributed by atoms with Crippen LogP contribution in [0.4, 0.5) is 0 Å². The molecule has 0 radical (unpaired) electrons. The lowest BCUT2D eigenvalue weighted by molar-refractivity contribution is -0.303. The third-order valence-electron chi connectivity index (χ3n) is 20.0. The van der Waals surface area contributed by atoms with Crippen LogP contribution in [0.1, 0.15) is 418 Å². The highest BCUT2D eigenvalue weighted by Crippen LogP contribution is 2.24. The fourth-order valence-corrected chi connectivity index (χ4v) is 13.5. The number of hydrogen-bond acceptors (Lipinski definition) is 10. The minimum Gasteiger partial charge on any atom is -0.394 e. The molecular formula is C81H157NO10. The standard InChI is InChI=1S/C81H157NO10/c1-3-5-7-9-11-13-15-17-19-21-23-25-27-29-31-33-35-36-37-39-41-43-45-47-49-51-53-55-57-59-61-63-65-67-69-74(85)80(90)82-72(71-91-81-79(89)78(88)77(87)75(70-83)92-81)76(86)73(84)68-66-64-62-60-58-56-54-52-50-48-46-44-42-40-38-34-32-30-28-26-24-22-20-18-16-14-12-10-8-6-4-2/h33,35,60,62,72-79,81,83-89H,3-32,34,36-59,61,63-71H2,1-2H3,(H,82,90)/b35-33-,62-60+. The molecule has 0 spiro atoms. The Bertz CT molecular complexity index is 1550. The van der Waals surface area contributed by atoms with Gasteiger partial charge in [-0.2, -0.15) is 0 Å². The van der Waals surface area contributed by atoms with E-state index in [4.69, 9.17) is 9.47 Å². The van der Waals surface area contributed by atoms with Crippen LogP contribution in [0, 0.1) is 0 Å². The molecule has 0 aromatic carbocycles. The number of carbonyl (C=O) groups is 1. The first-order valence-corrected chi connectivity index (χ1v) is 40.7. The number of ether oxygens (including phenoxy) is 2. The Labute approximate surface area is 569 Å². The van der Waals surface area contributed by atoms with Gasteiger partial charge in [-0.1, -0.05) is 378 Å². The summed E-state index contributed by atoms with van der Waals surface area (Å²) in [6, 6.07) is -1.19. The predicted molar refractivity (Wildman–Crippen MR) is 390 cm³/mol. The summed E-state index contributed by atoms with van der Waals surface area (Å²) in [6.07, 6.45) is 78.8. The van der Waals surface area contributed by atoms with Crippen LogP contribution < -0.4 is 5.32 Å². The molecule has 92 heavy (non-hydrogen) atoms. The number of hydrogen-bond donors (Lipinski definition) is 8. The lowest BCUT2D eigenvalue weighted by Crippen LogP contribution is -2.60. The van der Waals surface area contributed by atoms with E-state index in [1.807, 2.05) is 0 Å². The summed E-state index contributed by atoms with van der Waals surface area (Å²) in [5.41, 5.74) is 0. The van der Waals surface area contributed by atoms with E-state index in [0.29, 0.717) is 12.8 Å². The van der Waals surface area contributed by atoms with Gasteiger partial charge in [0.05, 0.1) is 25.4 Å². The van der Waals surface area contributed by atoms with Gasteiger partial charge in [-0.25, -0.2) is 0 Å². The first-order valence-electron chi connectivity index (χ1n) is 40.7. The summed E-state index contributed by atoms with van der Waals surface area (Å²) in [5.74, 6) is -0.698. The van der Waals surface area contributed by atoms with E-state index < -0.39 is 74.2 Å². The molecule has 0 saturated carbocycles. The number of aliphatic hydroxyl groups excluding tert-OH is 7. The van der Waals surface area contributed by atoms with Crippen LogP contribution >= 0.6 is 0 Å². The Kier molecular flexibility index (Phi) is 66.9. The molecule has 9 atom stereocenters. The van der Waals surface area contributed by atoms with Crippen molar-refractivity contribution in [3.8, 4) is 0 Å². The fourth-order valence-electron chi connectivity index (χ4n) is 13.5. The van der Waals surface area contributed by atoms with E-state index in [-0.39, 0.29) is 12.8 Å². The zero-order valence-corrected chi connectivity index (χ0v) is 60.8. The van der Waals surface area contributed by atoms with Crippen molar-refractivity contribution in [2.75, 3.05) is 13.2 Å². The first kappa shape index (κ1) is 88.6. The second kappa shape index (κ2) is 69.5. The molecule has 0 aromatic heterocycles. The number of carbonyl (C=O) groups excluding carboxylic acids is 1. The van der Waals surface area contributed by atoms with Gasteiger partial charge in [0.15, 0.2) is 6.29 Å². The minimum atomic E-state index is -1.67. The molecule has 1 rings (SSSR count). The highest BCUT2D eigenvalue weighted by molar-refractivity contribution is 5.80. The van der Waals surface area contributed by atoms with Crippen molar-refractivity contribution in [3.05, 3.63) is 24.3 Å². The average molecular weight is 1310 g/mol. The first-order chi connectivity index (χ1) is 45.2. The normalized spacial score (nSPS) is 18.4. The number of unbranched alkanes of at least 4 members (excludes halogenated alkanes) is 57.